The van der Waals surface area contributed by atoms with Crippen molar-refractivity contribution < 1.29 is 14.3 Å². The summed E-state index contributed by atoms with van der Waals surface area (Å²) in [6.45, 7) is 1.87. The number of hydrogen-bond donors (Lipinski definition) is 1. The van der Waals surface area contributed by atoms with E-state index in [0.29, 0.717) is 17.9 Å². The lowest BCUT2D eigenvalue weighted by Gasteiger charge is -1.99. The minimum Gasteiger partial charge on any atom is -0.481 e. The van der Waals surface area contributed by atoms with Gasteiger partial charge in [-0.05, 0) is 35.0 Å². The second-order valence-corrected chi connectivity index (χ2v) is 4.83. The standard InChI is InChI=1S/C12H13BrN2O3/c1-7-3-5-9(18-7)12-11(13)8(15(2)14-12)4-6-10(16)17/h3,5H,4,6H2,1-2H3,(H,16,17). The van der Waals surface area contributed by atoms with Crippen molar-refractivity contribution in [3.8, 4) is 11.5 Å². The van der Waals surface area contributed by atoms with Gasteiger partial charge in [0.1, 0.15) is 11.5 Å². The van der Waals surface area contributed by atoms with Gasteiger partial charge in [-0.25, -0.2) is 0 Å². The molecule has 0 atom stereocenters. The zero-order valence-electron chi connectivity index (χ0n) is 10.1. The average molecular weight is 313 g/mol. The summed E-state index contributed by atoms with van der Waals surface area (Å²) in [6.07, 6.45) is 0.508. The van der Waals surface area contributed by atoms with E-state index >= 15 is 0 Å². The lowest BCUT2D eigenvalue weighted by atomic mass is 10.2. The number of nitrogens with zero attached hydrogens (tertiary/aromatic N) is 2. The molecule has 96 valence electrons. The van der Waals surface area contributed by atoms with Crippen molar-refractivity contribution in [3.05, 3.63) is 28.1 Å². The Morgan fingerprint density at radius 3 is 2.83 bits per heavy atom. The van der Waals surface area contributed by atoms with Gasteiger partial charge in [0.15, 0.2) is 5.76 Å². The molecule has 18 heavy (non-hydrogen) atoms. The largest absolute Gasteiger partial charge is 0.481 e. The molecule has 0 radical (unpaired) electrons. The van der Waals surface area contributed by atoms with Crippen LogP contribution in [-0.2, 0) is 18.3 Å². The van der Waals surface area contributed by atoms with E-state index in [0.717, 1.165) is 15.9 Å². The number of rotatable bonds is 4. The van der Waals surface area contributed by atoms with E-state index in [1.54, 1.807) is 11.7 Å². The first-order valence-electron chi connectivity index (χ1n) is 5.49. The van der Waals surface area contributed by atoms with Gasteiger partial charge in [0.25, 0.3) is 0 Å². The maximum Gasteiger partial charge on any atom is 0.303 e. The smallest absolute Gasteiger partial charge is 0.303 e. The summed E-state index contributed by atoms with van der Waals surface area (Å²) in [7, 11) is 1.79. The van der Waals surface area contributed by atoms with Crippen LogP contribution >= 0.6 is 15.9 Å². The third-order valence-electron chi connectivity index (χ3n) is 2.65. The van der Waals surface area contributed by atoms with E-state index in [9.17, 15) is 4.79 Å². The van der Waals surface area contributed by atoms with Gasteiger partial charge in [0.2, 0.25) is 0 Å². The minimum atomic E-state index is -0.821. The SMILES string of the molecule is Cc1ccc(-c2nn(C)c(CCC(=O)O)c2Br)o1. The van der Waals surface area contributed by atoms with Crippen molar-refractivity contribution in [2.75, 3.05) is 0 Å². The predicted octanol–water partition coefficient (Wildman–Crippen LogP) is 2.77. The Morgan fingerprint density at radius 2 is 2.28 bits per heavy atom. The Labute approximate surface area is 113 Å². The first-order chi connectivity index (χ1) is 8.49. The van der Waals surface area contributed by atoms with Crippen molar-refractivity contribution in [1.82, 2.24) is 9.78 Å². The van der Waals surface area contributed by atoms with Crippen LogP contribution < -0.4 is 0 Å². The third kappa shape index (κ3) is 2.48. The Balaban J connectivity index is 2.34. The summed E-state index contributed by atoms with van der Waals surface area (Å²) in [5.41, 5.74) is 1.55. The summed E-state index contributed by atoms with van der Waals surface area (Å²) >= 11 is 3.46. The third-order valence-corrected chi connectivity index (χ3v) is 3.48. The second-order valence-electron chi connectivity index (χ2n) is 4.04. The van der Waals surface area contributed by atoms with E-state index in [-0.39, 0.29) is 6.42 Å². The summed E-state index contributed by atoms with van der Waals surface area (Å²) in [5.74, 6) is 0.671. The summed E-state index contributed by atoms with van der Waals surface area (Å²) in [5, 5.41) is 13.1. The number of carbonyl (C=O) groups is 1. The number of hydrogen-bond acceptors (Lipinski definition) is 3. The van der Waals surface area contributed by atoms with E-state index in [1.165, 1.54) is 0 Å². The van der Waals surface area contributed by atoms with E-state index in [1.807, 2.05) is 19.1 Å². The van der Waals surface area contributed by atoms with Crippen molar-refractivity contribution in [3.63, 3.8) is 0 Å². The van der Waals surface area contributed by atoms with Crippen molar-refractivity contribution in [1.29, 1.82) is 0 Å². The van der Waals surface area contributed by atoms with Crippen LogP contribution in [0.4, 0.5) is 0 Å². The molecule has 0 aliphatic rings. The van der Waals surface area contributed by atoms with Crippen molar-refractivity contribution in [2.24, 2.45) is 7.05 Å². The highest BCUT2D eigenvalue weighted by Crippen LogP contribution is 2.31. The summed E-state index contributed by atoms with van der Waals surface area (Å²) in [4.78, 5) is 10.6. The Bertz CT molecular complexity index is 586. The monoisotopic (exact) mass is 312 g/mol. The highest BCUT2D eigenvalue weighted by Gasteiger charge is 2.18. The molecule has 0 aliphatic heterocycles. The lowest BCUT2D eigenvalue weighted by Crippen LogP contribution is -2.03. The Hall–Kier alpha value is -1.56. The molecule has 0 fully saturated rings. The number of furan rings is 1. The number of aromatic nitrogens is 2. The average Bonchev–Trinajstić information content (AvgIpc) is 2.82. The Morgan fingerprint density at radius 1 is 1.56 bits per heavy atom. The zero-order chi connectivity index (χ0) is 13.3. The lowest BCUT2D eigenvalue weighted by molar-refractivity contribution is -0.136. The van der Waals surface area contributed by atoms with Crippen LogP contribution in [0.5, 0.6) is 0 Å². The molecule has 1 N–H and O–H groups in total. The van der Waals surface area contributed by atoms with Gasteiger partial charge >= 0.3 is 5.97 Å². The van der Waals surface area contributed by atoms with Gasteiger partial charge in [-0.3, -0.25) is 9.48 Å². The fourth-order valence-electron chi connectivity index (χ4n) is 1.75. The quantitative estimate of drug-likeness (QED) is 0.942. The molecule has 0 spiro atoms. The normalized spacial score (nSPS) is 10.8. The van der Waals surface area contributed by atoms with Gasteiger partial charge in [0.05, 0.1) is 16.6 Å². The summed E-state index contributed by atoms with van der Waals surface area (Å²) < 4.78 is 8.00. The van der Waals surface area contributed by atoms with Crippen LogP contribution in [0.3, 0.4) is 0 Å². The second kappa shape index (κ2) is 4.97. The van der Waals surface area contributed by atoms with Crippen LogP contribution in [0.15, 0.2) is 21.0 Å². The minimum absolute atomic E-state index is 0.0781. The molecule has 2 aromatic rings. The molecule has 0 unspecified atom stereocenters. The highest BCUT2D eigenvalue weighted by molar-refractivity contribution is 9.10. The molecule has 2 aromatic heterocycles. The van der Waals surface area contributed by atoms with Gasteiger partial charge in [0, 0.05) is 13.5 Å². The highest BCUT2D eigenvalue weighted by atomic mass is 79.9. The number of halogens is 1. The van der Waals surface area contributed by atoms with Gasteiger partial charge < -0.3 is 9.52 Å². The first kappa shape index (κ1) is 12.9. The van der Waals surface area contributed by atoms with Crippen LogP contribution in [0.25, 0.3) is 11.5 Å². The molecular formula is C12H13BrN2O3. The number of carboxylic acids is 1. The number of aliphatic carboxylic acids is 1. The fraction of sp³-hybridized carbons (Fsp3) is 0.333. The molecule has 0 aliphatic carbocycles. The number of aryl methyl sites for hydroxylation is 2. The van der Waals surface area contributed by atoms with Crippen LogP contribution in [-0.4, -0.2) is 20.9 Å². The van der Waals surface area contributed by atoms with E-state index < -0.39 is 5.97 Å². The Kier molecular flexibility index (Phi) is 3.56. The molecular weight excluding hydrogens is 300 g/mol. The van der Waals surface area contributed by atoms with Crippen molar-refractivity contribution in [2.45, 2.75) is 19.8 Å². The predicted molar refractivity (Wildman–Crippen MR) is 69.3 cm³/mol. The summed E-state index contributed by atoms with van der Waals surface area (Å²) in [6, 6.07) is 3.72. The molecule has 0 amide bonds. The zero-order valence-corrected chi connectivity index (χ0v) is 11.7. The molecule has 2 rings (SSSR count). The maximum atomic E-state index is 10.6. The molecule has 0 saturated carbocycles. The van der Waals surface area contributed by atoms with Gasteiger partial charge in [-0.2, -0.15) is 5.10 Å². The molecule has 0 aromatic carbocycles. The topological polar surface area (TPSA) is 68.3 Å². The van der Waals surface area contributed by atoms with Crippen LogP contribution in [0.1, 0.15) is 17.9 Å². The van der Waals surface area contributed by atoms with E-state index in [4.69, 9.17) is 9.52 Å². The molecule has 6 heteroatoms. The first-order valence-corrected chi connectivity index (χ1v) is 6.28. The molecule has 0 saturated heterocycles. The van der Waals surface area contributed by atoms with Crippen molar-refractivity contribution >= 4 is 21.9 Å². The molecule has 5 nitrogen and oxygen atoms in total. The van der Waals surface area contributed by atoms with Gasteiger partial charge in [-0.15, -0.1) is 0 Å². The molecule has 2 heterocycles. The number of carboxylic acid groups (broad SMARTS) is 1. The van der Waals surface area contributed by atoms with Crippen LogP contribution in [0.2, 0.25) is 0 Å². The molecule has 0 bridgehead atoms. The van der Waals surface area contributed by atoms with Crippen LogP contribution in [0, 0.1) is 6.92 Å². The maximum absolute atomic E-state index is 10.6. The van der Waals surface area contributed by atoms with E-state index in [2.05, 4.69) is 21.0 Å². The van der Waals surface area contributed by atoms with Gasteiger partial charge in [-0.1, -0.05) is 0 Å². The fourth-order valence-corrected chi connectivity index (χ4v) is 2.48.